The van der Waals surface area contributed by atoms with E-state index >= 15 is 0 Å². The lowest BCUT2D eigenvalue weighted by molar-refractivity contribution is 0.0946. The van der Waals surface area contributed by atoms with Crippen LogP contribution >= 0.6 is 11.6 Å². The highest BCUT2D eigenvalue weighted by Crippen LogP contribution is 2.19. The molecule has 0 aliphatic heterocycles. The second-order valence-corrected chi connectivity index (χ2v) is 6.45. The van der Waals surface area contributed by atoms with Crippen LogP contribution in [0.15, 0.2) is 54.7 Å². The van der Waals surface area contributed by atoms with Crippen LogP contribution in [-0.2, 0) is 6.54 Å². The van der Waals surface area contributed by atoms with Crippen LogP contribution in [-0.4, -0.2) is 15.9 Å². The molecule has 3 rings (SSSR count). The van der Waals surface area contributed by atoms with Gasteiger partial charge in [0.05, 0.1) is 0 Å². The molecular weight excluding hydrogens is 348 g/mol. The first-order valence-electron chi connectivity index (χ1n) is 8.21. The topological polar surface area (TPSA) is 66.9 Å². The summed E-state index contributed by atoms with van der Waals surface area (Å²) >= 11 is 5.86. The lowest BCUT2D eigenvalue weighted by atomic mass is 10.1. The number of halogens is 1. The van der Waals surface area contributed by atoms with Crippen molar-refractivity contribution in [2.75, 3.05) is 5.32 Å². The summed E-state index contributed by atoms with van der Waals surface area (Å²) in [6.07, 6.45) is 1.57. The number of hydrogen-bond donors (Lipinski definition) is 2. The van der Waals surface area contributed by atoms with Crippen molar-refractivity contribution in [3.05, 3.63) is 82.1 Å². The van der Waals surface area contributed by atoms with Gasteiger partial charge in [0.25, 0.3) is 5.91 Å². The van der Waals surface area contributed by atoms with Crippen molar-refractivity contribution in [2.24, 2.45) is 0 Å². The van der Waals surface area contributed by atoms with Crippen LogP contribution in [0.4, 0.5) is 11.6 Å². The minimum atomic E-state index is -0.258. The van der Waals surface area contributed by atoms with Crippen molar-refractivity contribution in [1.82, 2.24) is 15.3 Å². The van der Waals surface area contributed by atoms with Gasteiger partial charge >= 0.3 is 0 Å². The van der Waals surface area contributed by atoms with Gasteiger partial charge in [-0.2, -0.15) is 0 Å². The van der Waals surface area contributed by atoms with E-state index in [1.54, 1.807) is 24.4 Å². The van der Waals surface area contributed by atoms with E-state index in [9.17, 15) is 4.79 Å². The maximum atomic E-state index is 12.4. The molecule has 26 heavy (non-hydrogen) atoms. The highest BCUT2D eigenvalue weighted by atomic mass is 35.5. The number of carbonyl (C=O) groups is 1. The van der Waals surface area contributed by atoms with Crippen molar-refractivity contribution < 1.29 is 4.79 Å². The summed E-state index contributed by atoms with van der Waals surface area (Å²) < 4.78 is 0. The zero-order valence-corrected chi connectivity index (χ0v) is 15.3. The van der Waals surface area contributed by atoms with Gasteiger partial charge in [-0.1, -0.05) is 35.9 Å². The van der Waals surface area contributed by atoms with Crippen LogP contribution in [0.1, 0.15) is 27.2 Å². The second kappa shape index (κ2) is 7.97. The number of nitrogens with zero attached hydrogens (tertiary/aromatic N) is 2. The molecule has 132 valence electrons. The number of rotatable bonds is 5. The predicted octanol–water partition coefficient (Wildman–Crippen LogP) is 4.42. The Hall–Kier alpha value is -2.92. The summed E-state index contributed by atoms with van der Waals surface area (Å²) in [6.45, 7) is 4.43. The SMILES string of the molecule is Cc1ccc(C)c(Nc2nccc(C(=O)NCc3ccc(Cl)cc3)n2)c1. The molecule has 0 bridgehead atoms. The second-order valence-electron chi connectivity index (χ2n) is 6.02. The fourth-order valence-corrected chi connectivity index (χ4v) is 2.54. The van der Waals surface area contributed by atoms with Gasteiger partial charge in [0.2, 0.25) is 5.95 Å². The number of aromatic nitrogens is 2. The van der Waals surface area contributed by atoms with Crippen molar-refractivity contribution in [3.8, 4) is 0 Å². The highest BCUT2D eigenvalue weighted by molar-refractivity contribution is 6.30. The van der Waals surface area contributed by atoms with Crippen molar-refractivity contribution >= 4 is 29.1 Å². The van der Waals surface area contributed by atoms with E-state index in [1.807, 2.05) is 44.2 Å². The monoisotopic (exact) mass is 366 g/mol. The molecule has 5 nitrogen and oxygen atoms in total. The molecular formula is C20H19ClN4O. The number of aryl methyl sites for hydroxylation is 2. The van der Waals surface area contributed by atoms with Gasteiger partial charge in [-0.15, -0.1) is 0 Å². The van der Waals surface area contributed by atoms with E-state index in [1.165, 1.54) is 0 Å². The molecule has 0 atom stereocenters. The van der Waals surface area contributed by atoms with E-state index in [-0.39, 0.29) is 5.91 Å². The number of amides is 1. The van der Waals surface area contributed by atoms with Crippen molar-refractivity contribution in [3.63, 3.8) is 0 Å². The van der Waals surface area contributed by atoms with Gasteiger partial charge in [-0.05, 0) is 54.8 Å². The number of carbonyl (C=O) groups excluding carboxylic acids is 1. The van der Waals surface area contributed by atoms with Gasteiger partial charge in [0, 0.05) is 23.5 Å². The van der Waals surface area contributed by atoms with E-state index in [2.05, 4.69) is 20.6 Å². The number of nitrogens with one attached hydrogen (secondary N) is 2. The van der Waals surface area contributed by atoms with Gasteiger partial charge < -0.3 is 10.6 Å². The third kappa shape index (κ3) is 4.58. The van der Waals surface area contributed by atoms with Crippen LogP contribution in [0.2, 0.25) is 5.02 Å². The fraction of sp³-hybridized carbons (Fsp3) is 0.150. The zero-order valence-electron chi connectivity index (χ0n) is 14.6. The first-order valence-corrected chi connectivity index (χ1v) is 8.59. The molecule has 0 unspecified atom stereocenters. The largest absolute Gasteiger partial charge is 0.347 e. The zero-order chi connectivity index (χ0) is 18.5. The number of hydrogen-bond acceptors (Lipinski definition) is 4. The molecule has 0 spiro atoms. The lowest BCUT2D eigenvalue weighted by Gasteiger charge is -2.10. The van der Waals surface area contributed by atoms with Crippen LogP contribution in [0.25, 0.3) is 0 Å². The quantitative estimate of drug-likeness (QED) is 0.701. The molecule has 0 fully saturated rings. The van der Waals surface area contributed by atoms with Crippen LogP contribution in [0.3, 0.4) is 0 Å². The van der Waals surface area contributed by atoms with E-state index in [0.717, 1.165) is 22.4 Å². The van der Waals surface area contributed by atoms with Gasteiger partial charge in [0.15, 0.2) is 0 Å². The Morgan fingerprint density at radius 2 is 1.85 bits per heavy atom. The summed E-state index contributed by atoms with van der Waals surface area (Å²) in [6, 6.07) is 15.0. The smallest absolute Gasteiger partial charge is 0.270 e. The molecule has 0 saturated heterocycles. The lowest BCUT2D eigenvalue weighted by Crippen LogP contribution is -2.24. The Morgan fingerprint density at radius 1 is 1.08 bits per heavy atom. The fourth-order valence-electron chi connectivity index (χ4n) is 2.41. The first-order chi connectivity index (χ1) is 12.5. The third-order valence-corrected chi connectivity index (χ3v) is 4.15. The van der Waals surface area contributed by atoms with Gasteiger partial charge in [-0.25, -0.2) is 9.97 Å². The first kappa shape index (κ1) is 17.9. The summed E-state index contributed by atoms with van der Waals surface area (Å²) in [4.78, 5) is 20.9. The standard InChI is InChI=1S/C20H19ClN4O/c1-13-3-4-14(2)18(11-13)25-20-22-10-9-17(24-20)19(26)23-12-15-5-7-16(21)8-6-15/h3-11H,12H2,1-2H3,(H,23,26)(H,22,24,25). The average molecular weight is 367 g/mol. The highest BCUT2D eigenvalue weighted by Gasteiger charge is 2.09. The van der Waals surface area contributed by atoms with Crippen molar-refractivity contribution in [2.45, 2.75) is 20.4 Å². The molecule has 0 aliphatic rings. The van der Waals surface area contributed by atoms with E-state index in [0.29, 0.717) is 23.2 Å². The normalized spacial score (nSPS) is 10.4. The van der Waals surface area contributed by atoms with Gasteiger partial charge in [0.1, 0.15) is 5.69 Å². The Balaban J connectivity index is 1.69. The molecule has 0 saturated carbocycles. The predicted molar refractivity (Wildman–Crippen MR) is 104 cm³/mol. The molecule has 0 aliphatic carbocycles. The maximum Gasteiger partial charge on any atom is 0.270 e. The summed E-state index contributed by atoms with van der Waals surface area (Å²) in [5.74, 6) is 0.129. The van der Waals surface area contributed by atoms with E-state index < -0.39 is 0 Å². The number of benzene rings is 2. The molecule has 1 amide bonds. The molecule has 0 radical (unpaired) electrons. The minimum absolute atomic E-state index is 0.258. The molecule has 2 N–H and O–H groups in total. The maximum absolute atomic E-state index is 12.4. The summed E-state index contributed by atoms with van der Waals surface area (Å²) in [5.41, 5.74) is 4.41. The molecule has 1 heterocycles. The summed E-state index contributed by atoms with van der Waals surface area (Å²) in [7, 11) is 0. The van der Waals surface area contributed by atoms with Crippen LogP contribution in [0, 0.1) is 13.8 Å². The molecule has 3 aromatic rings. The summed E-state index contributed by atoms with van der Waals surface area (Å²) in [5, 5.41) is 6.68. The van der Waals surface area contributed by atoms with Crippen molar-refractivity contribution in [1.29, 1.82) is 0 Å². The molecule has 2 aromatic carbocycles. The Kier molecular flexibility index (Phi) is 5.49. The Labute approximate surface area is 157 Å². The minimum Gasteiger partial charge on any atom is -0.347 e. The molecule has 6 heteroatoms. The van der Waals surface area contributed by atoms with Gasteiger partial charge in [-0.3, -0.25) is 4.79 Å². The Morgan fingerprint density at radius 3 is 2.62 bits per heavy atom. The number of anilines is 2. The van der Waals surface area contributed by atoms with Crippen LogP contribution in [0.5, 0.6) is 0 Å². The third-order valence-electron chi connectivity index (χ3n) is 3.89. The average Bonchev–Trinajstić information content (AvgIpc) is 2.64. The molecule has 1 aromatic heterocycles. The van der Waals surface area contributed by atoms with E-state index in [4.69, 9.17) is 11.6 Å². The Bertz CT molecular complexity index is 925. The van der Waals surface area contributed by atoms with Crippen LogP contribution < -0.4 is 10.6 Å².